The van der Waals surface area contributed by atoms with Crippen LogP contribution < -0.4 is 5.73 Å². The van der Waals surface area contributed by atoms with E-state index >= 15 is 0 Å². The molecule has 0 saturated carbocycles. The molecular formula is C12H15F2NO. The first-order valence-electron chi connectivity index (χ1n) is 5.51. The summed E-state index contributed by atoms with van der Waals surface area (Å²) in [7, 11) is 0. The molecule has 2 atom stereocenters. The minimum absolute atomic E-state index is 0.0607. The highest BCUT2D eigenvalue weighted by molar-refractivity contribution is 5.24. The SMILES string of the molecule is NC(c1c(F)cccc1F)C1CCCCO1. The second-order valence-electron chi connectivity index (χ2n) is 4.07. The van der Waals surface area contributed by atoms with Crippen LogP contribution in [0.1, 0.15) is 30.9 Å². The van der Waals surface area contributed by atoms with Crippen LogP contribution in [0.15, 0.2) is 18.2 Å². The van der Waals surface area contributed by atoms with Crippen LogP contribution in [0, 0.1) is 11.6 Å². The predicted molar refractivity (Wildman–Crippen MR) is 56.9 cm³/mol. The molecule has 2 N–H and O–H groups in total. The standard InChI is InChI=1S/C12H15F2NO/c13-8-4-3-5-9(14)11(8)12(15)10-6-1-2-7-16-10/h3-5,10,12H,1-2,6-7,15H2. The molecule has 0 radical (unpaired) electrons. The number of nitrogens with two attached hydrogens (primary N) is 1. The lowest BCUT2D eigenvalue weighted by Crippen LogP contribution is -2.33. The fraction of sp³-hybridized carbons (Fsp3) is 0.500. The van der Waals surface area contributed by atoms with Gasteiger partial charge >= 0.3 is 0 Å². The van der Waals surface area contributed by atoms with E-state index in [-0.39, 0.29) is 11.7 Å². The lowest BCUT2D eigenvalue weighted by molar-refractivity contribution is -0.00130. The Kier molecular flexibility index (Phi) is 3.51. The molecule has 0 aliphatic carbocycles. The summed E-state index contributed by atoms with van der Waals surface area (Å²) in [6, 6.07) is 3.06. The van der Waals surface area contributed by atoms with Crippen LogP contribution in [-0.4, -0.2) is 12.7 Å². The van der Waals surface area contributed by atoms with Crippen molar-refractivity contribution >= 4 is 0 Å². The van der Waals surface area contributed by atoms with E-state index in [0.29, 0.717) is 6.61 Å². The molecule has 1 aliphatic heterocycles. The molecule has 1 saturated heterocycles. The van der Waals surface area contributed by atoms with Crippen molar-refractivity contribution in [1.82, 2.24) is 0 Å². The Morgan fingerprint density at radius 2 is 1.94 bits per heavy atom. The predicted octanol–water partition coefficient (Wildman–Crippen LogP) is 2.53. The summed E-state index contributed by atoms with van der Waals surface area (Å²) >= 11 is 0. The van der Waals surface area contributed by atoms with Crippen LogP contribution in [0.3, 0.4) is 0 Å². The van der Waals surface area contributed by atoms with Crippen LogP contribution in [-0.2, 0) is 4.74 Å². The van der Waals surface area contributed by atoms with E-state index in [0.717, 1.165) is 19.3 Å². The zero-order valence-corrected chi connectivity index (χ0v) is 8.96. The molecule has 1 aromatic carbocycles. The van der Waals surface area contributed by atoms with E-state index in [1.54, 1.807) is 0 Å². The molecule has 2 nitrogen and oxygen atoms in total. The maximum atomic E-state index is 13.5. The lowest BCUT2D eigenvalue weighted by atomic mass is 9.96. The van der Waals surface area contributed by atoms with E-state index in [4.69, 9.17) is 10.5 Å². The van der Waals surface area contributed by atoms with Gasteiger partial charge in [-0.05, 0) is 31.4 Å². The molecular weight excluding hydrogens is 212 g/mol. The molecule has 1 heterocycles. The molecule has 2 unspecified atom stereocenters. The van der Waals surface area contributed by atoms with Gasteiger partial charge in [-0.15, -0.1) is 0 Å². The maximum Gasteiger partial charge on any atom is 0.131 e. The van der Waals surface area contributed by atoms with Crippen molar-refractivity contribution in [3.8, 4) is 0 Å². The Hall–Kier alpha value is -1.00. The summed E-state index contributed by atoms with van der Waals surface area (Å²) in [5, 5.41) is 0. The van der Waals surface area contributed by atoms with Gasteiger partial charge in [-0.1, -0.05) is 6.07 Å². The molecule has 88 valence electrons. The normalized spacial score (nSPS) is 23.1. The van der Waals surface area contributed by atoms with Gasteiger partial charge < -0.3 is 10.5 Å². The van der Waals surface area contributed by atoms with Crippen molar-refractivity contribution in [1.29, 1.82) is 0 Å². The van der Waals surface area contributed by atoms with Gasteiger partial charge in [0, 0.05) is 12.2 Å². The Balaban J connectivity index is 2.22. The third-order valence-corrected chi connectivity index (χ3v) is 2.95. The Bertz CT molecular complexity index is 344. The largest absolute Gasteiger partial charge is 0.376 e. The second kappa shape index (κ2) is 4.89. The van der Waals surface area contributed by atoms with Gasteiger partial charge in [-0.3, -0.25) is 0 Å². The summed E-state index contributed by atoms with van der Waals surface area (Å²) in [5.41, 5.74) is 5.81. The molecule has 0 aromatic heterocycles. The molecule has 0 spiro atoms. The molecule has 1 fully saturated rings. The molecule has 2 rings (SSSR count). The van der Waals surface area contributed by atoms with E-state index in [2.05, 4.69) is 0 Å². The molecule has 0 amide bonds. The minimum atomic E-state index is -0.721. The zero-order valence-electron chi connectivity index (χ0n) is 8.96. The molecule has 16 heavy (non-hydrogen) atoms. The topological polar surface area (TPSA) is 35.2 Å². The summed E-state index contributed by atoms with van der Waals surface area (Å²) in [6.07, 6.45) is 2.46. The molecule has 0 bridgehead atoms. The average molecular weight is 227 g/mol. The highest BCUT2D eigenvalue weighted by Gasteiger charge is 2.27. The first kappa shape index (κ1) is 11.5. The number of hydrogen-bond acceptors (Lipinski definition) is 2. The van der Waals surface area contributed by atoms with Crippen molar-refractivity contribution in [2.45, 2.75) is 31.4 Å². The van der Waals surface area contributed by atoms with E-state index < -0.39 is 17.7 Å². The summed E-state index contributed by atoms with van der Waals surface area (Å²) < 4.78 is 32.4. The van der Waals surface area contributed by atoms with Crippen molar-refractivity contribution in [3.63, 3.8) is 0 Å². The van der Waals surface area contributed by atoms with Gasteiger partial charge in [0.15, 0.2) is 0 Å². The first-order valence-corrected chi connectivity index (χ1v) is 5.51. The third kappa shape index (κ3) is 2.23. The van der Waals surface area contributed by atoms with E-state index in [1.807, 2.05) is 0 Å². The average Bonchev–Trinajstić information content (AvgIpc) is 2.30. The summed E-state index contributed by atoms with van der Waals surface area (Å²) in [5.74, 6) is -1.19. The van der Waals surface area contributed by atoms with Crippen LogP contribution in [0.25, 0.3) is 0 Å². The van der Waals surface area contributed by atoms with E-state index in [9.17, 15) is 8.78 Å². The number of benzene rings is 1. The van der Waals surface area contributed by atoms with Gasteiger partial charge in [-0.25, -0.2) is 8.78 Å². The molecule has 1 aliphatic rings. The van der Waals surface area contributed by atoms with Crippen LogP contribution in [0.2, 0.25) is 0 Å². The summed E-state index contributed by atoms with van der Waals surface area (Å²) in [4.78, 5) is 0. The van der Waals surface area contributed by atoms with Crippen molar-refractivity contribution < 1.29 is 13.5 Å². The zero-order chi connectivity index (χ0) is 11.5. The highest BCUT2D eigenvalue weighted by atomic mass is 19.1. The lowest BCUT2D eigenvalue weighted by Gasteiger charge is -2.28. The second-order valence-corrected chi connectivity index (χ2v) is 4.07. The first-order chi connectivity index (χ1) is 7.70. The van der Waals surface area contributed by atoms with Crippen LogP contribution in [0.4, 0.5) is 8.78 Å². The Labute approximate surface area is 93.4 Å². The van der Waals surface area contributed by atoms with Crippen molar-refractivity contribution in [2.75, 3.05) is 6.61 Å². The smallest absolute Gasteiger partial charge is 0.131 e. The van der Waals surface area contributed by atoms with Crippen molar-refractivity contribution in [3.05, 3.63) is 35.4 Å². The van der Waals surface area contributed by atoms with Crippen LogP contribution >= 0.6 is 0 Å². The summed E-state index contributed by atoms with van der Waals surface area (Å²) in [6.45, 7) is 0.619. The number of ether oxygens (including phenoxy) is 1. The highest BCUT2D eigenvalue weighted by Crippen LogP contribution is 2.27. The van der Waals surface area contributed by atoms with Crippen LogP contribution in [0.5, 0.6) is 0 Å². The number of rotatable bonds is 2. The Morgan fingerprint density at radius 3 is 2.50 bits per heavy atom. The van der Waals surface area contributed by atoms with Gasteiger partial charge in [0.1, 0.15) is 11.6 Å². The number of hydrogen-bond donors (Lipinski definition) is 1. The quantitative estimate of drug-likeness (QED) is 0.842. The van der Waals surface area contributed by atoms with Crippen molar-refractivity contribution in [2.24, 2.45) is 5.73 Å². The van der Waals surface area contributed by atoms with Gasteiger partial charge in [0.2, 0.25) is 0 Å². The Morgan fingerprint density at radius 1 is 1.25 bits per heavy atom. The van der Waals surface area contributed by atoms with E-state index in [1.165, 1.54) is 18.2 Å². The maximum absolute atomic E-state index is 13.5. The monoisotopic (exact) mass is 227 g/mol. The fourth-order valence-corrected chi connectivity index (χ4v) is 2.06. The fourth-order valence-electron chi connectivity index (χ4n) is 2.06. The van der Waals surface area contributed by atoms with Gasteiger partial charge in [0.05, 0.1) is 12.1 Å². The minimum Gasteiger partial charge on any atom is -0.376 e. The molecule has 1 aromatic rings. The van der Waals surface area contributed by atoms with Gasteiger partial charge in [0.25, 0.3) is 0 Å². The third-order valence-electron chi connectivity index (χ3n) is 2.95. The number of halogens is 2. The van der Waals surface area contributed by atoms with Gasteiger partial charge in [-0.2, -0.15) is 0 Å². The molecule has 4 heteroatoms.